The Morgan fingerprint density at radius 2 is 1.93 bits per heavy atom. The highest BCUT2D eigenvalue weighted by molar-refractivity contribution is 6.09. The summed E-state index contributed by atoms with van der Waals surface area (Å²) in [5.41, 5.74) is 0.909. The average Bonchev–Trinajstić information content (AvgIpc) is 2.64. The predicted molar refractivity (Wildman–Crippen MR) is 53.8 cm³/mol. The van der Waals surface area contributed by atoms with E-state index in [0.717, 1.165) is 29.1 Å². The summed E-state index contributed by atoms with van der Waals surface area (Å²) in [7, 11) is 0. The van der Waals surface area contributed by atoms with Crippen molar-refractivity contribution in [2.45, 2.75) is 13.8 Å². The molecule has 2 aliphatic heterocycles. The van der Waals surface area contributed by atoms with Crippen molar-refractivity contribution >= 4 is 18.5 Å². The minimum Gasteiger partial charge on any atom is -1.00 e. The lowest BCUT2D eigenvalue weighted by Gasteiger charge is -2.28. The van der Waals surface area contributed by atoms with Gasteiger partial charge in [-0.15, -0.1) is 0 Å². The maximum absolute atomic E-state index is 4.29. The number of aliphatic imine (C=N–C) groups is 3. The van der Waals surface area contributed by atoms with Crippen LogP contribution < -0.4 is 12.4 Å². The number of rotatable bonds is 2. The summed E-state index contributed by atoms with van der Waals surface area (Å²) in [6.45, 7) is 6.30. The van der Waals surface area contributed by atoms with Crippen molar-refractivity contribution in [3.63, 3.8) is 0 Å². The Morgan fingerprint density at radius 1 is 1.21 bits per heavy atom. The Kier molecular flexibility index (Phi) is 3.18. The first kappa shape index (κ1) is 11.1. The lowest BCUT2D eigenvalue weighted by atomic mass is 10.3. The van der Waals surface area contributed by atoms with Gasteiger partial charge in [-0.05, 0) is 13.8 Å². The van der Waals surface area contributed by atoms with Crippen molar-refractivity contribution in [3.05, 3.63) is 11.9 Å². The minimum absolute atomic E-state index is 0. The first-order valence-electron chi connectivity index (χ1n) is 4.55. The molecule has 2 heterocycles. The molecule has 5 heteroatoms. The van der Waals surface area contributed by atoms with Gasteiger partial charge in [-0.1, -0.05) is 0 Å². The Balaban J connectivity index is 0.000000980. The molecule has 0 aromatic carbocycles. The van der Waals surface area contributed by atoms with E-state index in [0.29, 0.717) is 0 Å². The Hall–Kier alpha value is -1.00. The van der Waals surface area contributed by atoms with E-state index < -0.39 is 0 Å². The molecule has 0 bridgehead atoms. The van der Waals surface area contributed by atoms with Crippen molar-refractivity contribution in [1.29, 1.82) is 0 Å². The molecule has 2 rings (SSSR count). The topological polar surface area (TPSA) is 37.1 Å². The molecule has 0 saturated carbocycles. The van der Waals surface area contributed by atoms with E-state index in [-0.39, 0.29) is 12.4 Å². The zero-order valence-electron chi connectivity index (χ0n) is 8.31. The molecule has 0 fully saturated rings. The van der Waals surface area contributed by atoms with Crippen molar-refractivity contribution < 1.29 is 16.9 Å². The van der Waals surface area contributed by atoms with Crippen LogP contribution >= 0.6 is 0 Å². The van der Waals surface area contributed by atoms with Crippen LogP contribution in [0.25, 0.3) is 0 Å². The van der Waals surface area contributed by atoms with Crippen molar-refractivity contribution in [2.24, 2.45) is 15.0 Å². The molecule has 4 nitrogen and oxygen atoms in total. The molecule has 0 spiro atoms. The van der Waals surface area contributed by atoms with Crippen LogP contribution in [-0.4, -0.2) is 36.1 Å². The minimum atomic E-state index is 0. The summed E-state index contributed by atoms with van der Waals surface area (Å²) in [6, 6.07) is 0. The lowest BCUT2D eigenvalue weighted by Crippen LogP contribution is -3.00. The molecule has 0 unspecified atom stereocenters. The van der Waals surface area contributed by atoms with Crippen LogP contribution in [0, 0.1) is 0 Å². The fourth-order valence-corrected chi connectivity index (χ4v) is 1.48. The third-order valence-electron chi connectivity index (χ3n) is 2.57. The maximum atomic E-state index is 4.29. The largest absolute Gasteiger partial charge is 1.00 e. The number of amidine groups is 1. The molecule has 0 saturated heterocycles. The zero-order valence-corrected chi connectivity index (χ0v) is 9.07. The molecular weight excluding hydrogens is 200 g/mol. The number of halogens is 1. The molecule has 0 N–H and O–H groups in total. The summed E-state index contributed by atoms with van der Waals surface area (Å²) >= 11 is 0. The summed E-state index contributed by atoms with van der Waals surface area (Å²) < 4.78 is 0.770. The van der Waals surface area contributed by atoms with E-state index in [2.05, 4.69) is 35.0 Å². The van der Waals surface area contributed by atoms with Crippen molar-refractivity contribution in [2.75, 3.05) is 13.1 Å². The van der Waals surface area contributed by atoms with Gasteiger partial charge < -0.3 is 12.4 Å². The number of nitrogens with zero attached hydrogens (tertiary/aromatic N) is 4. The highest BCUT2D eigenvalue weighted by Crippen LogP contribution is 2.18. The van der Waals surface area contributed by atoms with E-state index in [4.69, 9.17) is 0 Å². The highest BCUT2D eigenvalue weighted by Gasteiger charge is 2.27. The summed E-state index contributed by atoms with van der Waals surface area (Å²) in [5.74, 6) is 0.746. The second kappa shape index (κ2) is 4.02. The third kappa shape index (κ3) is 1.63. The summed E-state index contributed by atoms with van der Waals surface area (Å²) in [6.07, 6.45) is 5.62. The van der Waals surface area contributed by atoms with Gasteiger partial charge in [0.05, 0.1) is 13.1 Å². The molecule has 0 aromatic rings. The van der Waals surface area contributed by atoms with Crippen LogP contribution in [0.1, 0.15) is 13.8 Å². The van der Waals surface area contributed by atoms with Crippen LogP contribution in [0.15, 0.2) is 26.9 Å². The fourth-order valence-electron chi connectivity index (χ4n) is 1.48. The molecular formula is C9H13ClN4. The molecule has 0 amide bonds. The second-order valence-corrected chi connectivity index (χ2v) is 3.19. The zero-order chi connectivity index (χ0) is 9.31. The van der Waals surface area contributed by atoms with Gasteiger partial charge in [-0.3, -0.25) is 4.48 Å². The number of quaternary nitrogens is 1. The van der Waals surface area contributed by atoms with E-state index in [1.54, 1.807) is 6.34 Å². The van der Waals surface area contributed by atoms with Gasteiger partial charge in [0.15, 0.2) is 17.9 Å². The Bertz CT molecular complexity index is 337. The molecule has 76 valence electrons. The molecule has 0 radical (unpaired) electrons. The van der Waals surface area contributed by atoms with Crippen LogP contribution in [0.5, 0.6) is 0 Å². The fraction of sp³-hybridized carbons (Fsp3) is 0.444. The van der Waals surface area contributed by atoms with E-state index in [1.165, 1.54) is 0 Å². The van der Waals surface area contributed by atoms with Crippen molar-refractivity contribution in [1.82, 2.24) is 0 Å². The molecule has 0 aromatic heterocycles. The smallest absolute Gasteiger partial charge is 0.196 e. The quantitative estimate of drug-likeness (QED) is 0.483. The summed E-state index contributed by atoms with van der Waals surface area (Å²) in [5, 5.41) is 0. The Morgan fingerprint density at radius 3 is 2.57 bits per heavy atom. The average molecular weight is 213 g/mol. The van der Waals surface area contributed by atoms with Gasteiger partial charge in [0.2, 0.25) is 0 Å². The van der Waals surface area contributed by atoms with Gasteiger partial charge in [-0.25, -0.2) is 9.98 Å². The van der Waals surface area contributed by atoms with E-state index in [1.807, 2.05) is 6.34 Å². The van der Waals surface area contributed by atoms with Crippen LogP contribution in [-0.2, 0) is 0 Å². The molecule has 0 aliphatic carbocycles. The molecule has 2 aliphatic rings. The Labute approximate surface area is 89.8 Å². The number of hydrogen-bond donors (Lipinski definition) is 0. The van der Waals surface area contributed by atoms with Crippen molar-refractivity contribution in [3.8, 4) is 0 Å². The van der Waals surface area contributed by atoms with Crippen LogP contribution in [0.2, 0.25) is 0 Å². The lowest BCUT2D eigenvalue weighted by molar-refractivity contribution is -0.778. The van der Waals surface area contributed by atoms with Gasteiger partial charge in [0, 0.05) is 0 Å². The van der Waals surface area contributed by atoms with Gasteiger partial charge in [-0.2, -0.15) is 4.99 Å². The standard InChI is InChI=1S/C9H13N4.ClH/c1-3-13(4-2)5-8-9(12-7-13)11-6-10-8;/h5-7H,3-4H2,1-2H3;1H/q+1;/p-1. The highest BCUT2D eigenvalue weighted by atomic mass is 35.5. The normalized spacial score (nSPS) is 21.0. The number of hydrogen-bond acceptors (Lipinski definition) is 3. The second-order valence-electron chi connectivity index (χ2n) is 3.19. The van der Waals surface area contributed by atoms with Gasteiger partial charge in [0.1, 0.15) is 12.5 Å². The predicted octanol–water partition coefficient (Wildman–Crippen LogP) is -1.83. The van der Waals surface area contributed by atoms with Crippen LogP contribution in [0.4, 0.5) is 0 Å². The van der Waals surface area contributed by atoms with Crippen LogP contribution in [0.3, 0.4) is 0 Å². The maximum Gasteiger partial charge on any atom is 0.196 e. The van der Waals surface area contributed by atoms with E-state index >= 15 is 0 Å². The van der Waals surface area contributed by atoms with Gasteiger partial charge >= 0.3 is 0 Å². The van der Waals surface area contributed by atoms with Gasteiger partial charge in [0.25, 0.3) is 0 Å². The van der Waals surface area contributed by atoms with E-state index in [9.17, 15) is 0 Å². The molecule has 14 heavy (non-hydrogen) atoms. The SMILES string of the molecule is CC[N+]1(CC)C=NC2=NC=NC2=C1.[Cl-]. The summed E-state index contributed by atoms with van der Waals surface area (Å²) in [4.78, 5) is 12.5. The third-order valence-corrected chi connectivity index (χ3v) is 2.57. The number of fused-ring (bicyclic) bond motifs is 1. The monoisotopic (exact) mass is 212 g/mol. The first-order valence-corrected chi connectivity index (χ1v) is 4.55. The first-order chi connectivity index (χ1) is 6.29. The molecule has 0 atom stereocenters.